The molecule has 6 rings (SSSR count). The molecular weight excluding hydrogens is 1030 g/mol. The smallest absolute Gasteiger partial charge is 0.421 e. The normalized spacial score (nSPS) is 14.2. The number of rotatable bonds is 32. The summed E-state index contributed by atoms with van der Waals surface area (Å²) >= 11 is 0. The number of fused-ring (bicyclic) bond motifs is 4. The predicted molar refractivity (Wildman–Crippen MR) is 303 cm³/mol. The molecule has 7 amide bonds. The topological polar surface area (TPSA) is 259 Å². The monoisotopic (exact) mass is 1110 g/mol. The van der Waals surface area contributed by atoms with E-state index in [0.717, 1.165) is 41.6 Å². The predicted octanol–water partition coefficient (Wildman–Crippen LogP) is 6.97. The Hall–Kier alpha value is -7.30. The van der Waals surface area contributed by atoms with Crippen molar-refractivity contribution in [1.29, 1.82) is 0 Å². The third kappa shape index (κ3) is 17.1. The van der Waals surface area contributed by atoms with Gasteiger partial charge in [0.05, 0.1) is 36.1 Å². The number of ether oxygens (including phenoxy) is 4. The summed E-state index contributed by atoms with van der Waals surface area (Å²) in [6, 6.07) is 14.3. The minimum Gasteiger partial charge on any atom is -0.448 e. The molecule has 2 heterocycles. The van der Waals surface area contributed by atoms with Crippen molar-refractivity contribution in [3.05, 3.63) is 99.6 Å². The number of methoxy groups -OCH3 is 1. The van der Waals surface area contributed by atoms with Crippen LogP contribution in [0.25, 0.3) is 22.8 Å². The van der Waals surface area contributed by atoms with Crippen molar-refractivity contribution in [2.45, 2.75) is 98.0 Å². The Bertz CT molecular complexity index is 2870. The lowest BCUT2D eigenvalue weighted by Gasteiger charge is -2.19. The summed E-state index contributed by atoms with van der Waals surface area (Å²) in [6.07, 6.45) is 2.53. The number of aliphatic hydroxyl groups is 1. The summed E-state index contributed by atoms with van der Waals surface area (Å²) in [7, 11) is 1.62. The fourth-order valence-corrected chi connectivity index (χ4v) is 9.69. The zero-order valence-electron chi connectivity index (χ0n) is 46.8. The highest BCUT2D eigenvalue weighted by Crippen LogP contribution is 2.47. The number of anilines is 3. The highest BCUT2D eigenvalue weighted by Gasteiger charge is 2.40. The molecule has 2 unspecified atom stereocenters. The number of aromatic amines is 1. The highest BCUT2D eigenvalue weighted by molar-refractivity contribution is 6.41. The van der Waals surface area contributed by atoms with Crippen LogP contribution >= 0.6 is 0 Å². The minimum absolute atomic E-state index is 0.00135. The van der Waals surface area contributed by atoms with Crippen LogP contribution in [-0.4, -0.2) is 149 Å². The molecule has 432 valence electrons. The summed E-state index contributed by atoms with van der Waals surface area (Å²) in [4.78, 5) is 99.8. The highest BCUT2D eigenvalue weighted by atomic mass is 19.1. The molecular formula is C59H77FN8O12. The van der Waals surface area contributed by atoms with Crippen molar-refractivity contribution in [3.8, 4) is 11.1 Å². The van der Waals surface area contributed by atoms with Gasteiger partial charge in [-0.2, -0.15) is 0 Å². The molecule has 2 atom stereocenters. The number of carbonyl (C=O) groups excluding carboxylic acids is 7. The second-order valence-corrected chi connectivity index (χ2v) is 19.7. The average molecular weight is 1110 g/mol. The molecule has 7 N–H and O–H groups in total. The zero-order chi connectivity index (χ0) is 57.7. The molecule has 0 saturated carbocycles. The van der Waals surface area contributed by atoms with E-state index in [1.807, 2.05) is 19.1 Å². The van der Waals surface area contributed by atoms with Gasteiger partial charge in [0.25, 0.3) is 11.8 Å². The van der Waals surface area contributed by atoms with E-state index in [2.05, 4.69) is 50.3 Å². The van der Waals surface area contributed by atoms with E-state index in [1.165, 1.54) is 18.2 Å². The number of hydrogen-bond donors (Lipinski definition) is 7. The largest absolute Gasteiger partial charge is 0.448 e. The van der Waals surface area contributed by atoms with Crippen LogP contribution in [-0.2, 0) is 42.9 Å². The summed E-state index contributed by atoms with van der Waals surface area (Å²) < 4.78 is 37.1. The zero-order valence-corrected chi connectivity index (χ0v) is 46.8. The van der Waals surface area contributed by atoms with E-state index in [1.54, 1.807) is 45.2 Å². The van der Waals surface area contributed by atoms with E-state index in [4.69, 9.17) is 24.1 Å². The SMILES string of the molecule is CCN(CC)CCNC(=O)c1c(C)[nH]c(/C=C2\C(=O)N(C(=O)OCC3c4cc(NC(=O)CCCC(=O)NCCOCCCOC)ccc4-c4ccc(NC(=O)CCCC(=O)NCCOC(C)CCO)cc43)c3ccc(F)cc32)c1C. The maximum Gasteiger partial charge on any atom is 0.421 e. The molecule has 1 aliphatic carbocycles. The number of halogens is 1. The number of carbonyl (C=O) groups is 7. The minimum atomic E-state index is -1.03. The van der Waals surface area contributed by atoms with Gasteiger partial charge in [0.1, 0.15) is 12.4 Å². The molecule has 0 radical (unpaired) electrons. The van der Waals surface area contributed by atoms with Crippen molar-refractivity contribution >= 4 is 70.2 Å². The van der Waals surface area contributed by atoms with Gasteiger partial charge < -0.3 is 60.5 Å². The summed E-state index contributed by atoms with van der Waals surface area (Å²) in [5, 5.41) is 23.4. The Balaban J connectivity index is 1.17. The first-order valence-corrected chi connectivity index (χ1v) is 27.5. The van der Waals surface area contributed by atoms with Crippen LogP contribution in [0.2, 0.25) is 0 Å². The van der Waals surface area contributed by atoms with Crippen molar-refractivity contribution in [1.82, 2.24) is 25.8 Å². The van der Waals surface area contributed by atoms with Crippen LogP contribution in [0.1, 0.15) is 122 Å². The fraction of sp³-hybridized carbons (Fsp3) is 0.475. The van der Waals surface area contributed by atoms with Crippen LogP contribution in [0.3, 0.4) is 0 Å². The Labute approximate surface area is 466 Å². The van der Waals surface area contributed by atoms with Crippen LogP contribution in [0.4, 0.5) is 26.2 Å². The van der Waals surface area contributed by atoms with Gasteiger partial charge in [-0.05, 0) is 136 Å². The molecule has 0 spiro atoms. The third-order valence-electron chi connectivity index (χ3n) is 14.0. The summed E-state index contributed by atoms with van der Waals surface area (Å²) in [5.74, 6) is -3.45. The number of likely N-dealkylation sites (N-methyl/N-ethyl adjacent to an activating group) is 1. The lowest BCUT2D eigenvalue weighted by Crippen LogP contribution is -2.35. The van der Waals surface area contributed by atoms with Crippen molar-refractivity contribution in [3.63, 3.8) is 0 Å². The molecule has 21 heteroatoms. The van der Waals surface area contributed by atoms with Crippen molar-refractivity contribution in [2.24, 2.45) is 0 Å². The molecule has 0 saturated heterocycles. The molecule has 20 nitrogen and oxygen atoms in total. The molecule has 3 aromatic carbocycles. The Kier molecular flexibility index (Phi) is 23.9. The van der Waals surface area contributed by atoms with Crippen LogP contribution in [0.15, 0.2) is 54.6 Å². The lowest BCUT2D eigenvalue weighted by atomic mass is 9.97. The molecule has 80 heavy (non-hydrogen) atoms. The number of nitrogens with zero attached hydrogens (tertiary/aromatic N) is 2. The molecule has 4 aromatic rings. The van der Waals surface area contributed by atoms with E-state index in [0.29, 0.717) is 110 Å². The Morgan fingerprint density at radius 1 is 0.762 bits per heavy atom. The lowest BCUT2D eigenvalue weighted by molar-refractivity contribution is -0.123. The molecule has 1 aromatic heterocycles. The first-order chi connectivity index (χ1) is 38.6. The molecule has 0 fully saturated rings. The van der Waals surface area contributed by atoms with Gasteiger partial charge in [-0.15, -0.1) is 0 Å². The van der Waals surface area contributed by atoms with Crippen molar-refractivity contribution < 1.29 is 62.0 Å². The van der Waals surface area contributed by atoms with Gasteiger partial charge >= 0.3 is 6.09 Å². The van der Waals surface area contributed by atoms with Gasteiger partial charge in [-0.3, -0.25) is 28.8 Å². The van der Waals surface area contributed by atoms with Crippen molar-refractivity contribution in [2.75, 3.05) is 102 Å². The second kappa shape index (κ2) is 30.9. The number of amides is 7. The maximum absolute atomic E-state index is 15.0. The number of imide groups is 1. The van der Waals surface area contributed by atoms with Gasteiger partial charge in [0.15, 0.2) is 0 Å². The van der Waals surface area contributed by atoms with Gasteiger partial charge in [0.2, 0.25) is 23.6 Å². The Morgan fingerprint density at radius 2 is 1.38 bits per heavy atom. The second-order valence-electron chi connectivity index (χ2n) is 19.7. The van der Waals surface area contributed by atoms with Gasteiger partial charge in [-0.1, -0.05) is 26.0 Å². The van der Waals surface area contributed by atoms with Gasteiger partial charge in [0, 0.05) is 113 Å². The molecule has 0 bridgehead atoms. The molecule has 1 aliphatic heterocycles. The summed E-state index contributed by atoms with van der Waals surface area (Å²) in [6.45, 7) is 14.3. The number of aromatic nitrogens is 1. The van der Waals surface area contributed by atoms with E-state index < -0.39 is 23.7 Å². The first kappa shape index (κ1) is 61.9. The Morgan fingerprint density at radius 3 is 1.98 bits per heavy atom. The average Bonchev–Trinajstić information content (AvgIpc) is 4.21. The van der Waals surface area contributed by atoms with E-state index >= 15 is 0 Å². The van der Waals surface area contributed by atoms with Crippen LogP contribution < -0.4 is 31.5 Å². The van der Waals surface area contributed by atoms with Gasteiger partial charge in [-0.25, -0.2) is 14.1 Å². The number of aryl methyl sites for hydroxylation is 1. The standard InChI is InChI=1S/C59H77FN8O12/c1-7-67(8-2)26-23-63-57(74)56-38(4)50(64-39(56)5)35-48-47-32-40(60)16-21-51(47)68(58(48)75)59(76)80-36-49-45-33-41(65-54(72)14-9-12-52(70)61-24-30-78-29-11-28-77-6)17-19-43(45)44-20-18-42(34-46(44)49)66-55(73)15-10-13-53(71)62-25-31-79-37(3)22-27-69/h16-21,32-35,37,49,64,69H,7-15,22-31,36H2,1-6H3,(H,61,70)(H,62,71)(H,63,74)(H,65,72)(H,66,73)/b48-35-. The van der Waals surface area contributed by atoms with Crippen LogP contribution in [0, 0.1) is 19.7 Å². The quantitative estimate of drug-likeness (QED) is 0.0193. The number of nitrogens with one attached hydrogen (secondary N) is 6. The number of aliphatic hydroxyl groups excluding tert-OH is 1. The number of H-pyrrole nitrogens is 1. The maximum atomic E-state index is 15.0. The van der Waals surface area contributed by atoms with Crippen LogP contribution in [0.5, 0.6) is 0 Å². The number of hydrogen-bond acceptors (Lipinski definition) is 13. The van der Waals surface area contributed by atoms with E-state index in [-0.39, 0.29) is 97.8 Å². The molecule has 2 aliphatic rings. The fourth-order valence-electron chi connectivity index (χ4n) is 9.69. The number of benzene rings is 3. The third-order valence-corrected chi connectivity index (χ3v) is 14.0. The first-order valence-electron chi connectivity index (χ1n) is 27.5. The summed E-state index contributed by atoms with van der Waals surface area (Å²) in [5.41, 5.74) is 6.01. The van der Waals surface area contributed by atoms with E-state index in [9.17, 15) is 38.0 Å².